The van der Waals surface area contributed by atoms with Gasteiger partial charge in [-0.2, -0.15) is 0 Å². The summed E-state index contributed by atoms with van der Waals surface area (Å²) in [6, 6.07) is 14.7. The normalized spacial score (nSPS) is 10.1. The first-order valence-corrected chi connectivity index (χ1v) is 8.17. The van der Waals surface area contributed by atoms with Crippen molar-refractivity contribution in [2.24, 2.45) is 0 Å². The van der Waals surface area contributed by atoms with Gasteiger partial charge in [-0.05, 0) is 42.0 Å². The van der Waals surface area contributed by atoms with Gasteiger partial charge in [0.15, 0.2) is 0 Å². The smallest absolute Gasteiger partial charge is 0.323 e. The number of alkyl halides is 1. The summed E-state index contributed by atoms with van der Waals surface area (Å²) in [5.74, 6) is 1.62. The summed E-state index contributed by atoms with van der Waals surface area (Å²) in [4.78, 5) is 20.1. The van der Waals surface area contributed by atoms with Gasteiger partial charge in [0.05, 0.1) is 0 Å². The predicted molar refractivity (Wildman–Crippen MR) is 102 cm³/mol. The summed E-state index contributed by atoms with van der Waals surface area (Å²) in [6.07, 6.45) is 1.40. The van der Waals surface area contributed by atoms with E-state index in [1.54, 1.807) is 61.6 Å². The Labute approximate surface area is 155 Å². The third-order valence-electron chi connectivity index (χ3n) is 3.57. The van der Waals surface area contributed by atoms with Crippen molar-refractivity contribution in [2.75, 3.05) is 23.0 Å². The zero-order valence-electron chi connectivity index (χ0n) is 14.6. The van der Waals surface area contributed by atoms with E-state index in [0.717, 1.165) is 0 Å². The van der Waals surface area contributed by atoms with Gasteiger partial charge in [-0.1, -0.05) is 12.1 Å². The van der Waals surface area contributed by atoms with Crippen LogP contribution in [0.2, 0.25) is 0 Å². The van der Waals surface area contributed by atoms with Crippen LogP contribution in [0.15, 0.2) is 60.9 Å². The van der Waals surface area contributed by atoms with Crippen LogP contribution in [-0.4, -0.2) is 23.0 Å². The van der Waals surface area contributed by atoms with Crippen molar-refractivity contribution < 1.29 is 13.9 Å². The SMILES string of the molecule is CNc1cc(Oc2ccc(NC(=O)Nc3cccc(CF)c3)cc2)ncn1. The molecule has 3 N–H and O–H groups in total. The van der Waals surface area contributed by atoms with Gasteiger partial charge in [-0.3, -0.25) is 0 Å². The molecule has 8 heteroatoms. The molecule has 1 aromatic heterocycles. The van der Waals surface area contributed by atoms with Crippen LogP contribution in [0.5, 0.6) is 11.6 Å². The van der Waals surface area contributed by atoms with E-state index < -0.39 is 12.7 Å². The first kappa shape index (κ1) is 18.1. The van der Waals surface area contributed by atoms with Crippen molar-refractivity contribution in [2.45, 2.75) is 6.67 Å². The predicted octanol–water partition coefficient (Wildman–Crippen LogP) is 4.42. The number of nitrogens with zero attached hydrogens (tertiary/aromatic N) is 2. The molecule has 3 rings (SSSR count). The molecule has 0 aliphatic carbocycles. The van der Waals surface area contributed by atoms with E-state index >= 15 is 0 Å². The van der Waals surface area contributed by atoms with Crippen LogP contribution in [0.1, 0.15) is 5.56 Å². The Kier molecular flexibility index (Phi) is 5.78. The van der Waals surface area contributed by atoms with Gasteiger partial charge in [-0.15, -0.1) is 0 Å². The molecule has 3 aromatic rings. The van der Waals surface area contributed by atoms with Crippen LogP contribution in [-0.2, 0) is 6.67 Å². The maximum Gasteiger partial charge on any atom is 0.323 e. The molecule has 27 heavy (non-hydrogen) atoms. The number of aromatic nitrogens is 2. The van der Waals surface area contributed by atoms with Crippen LogP contribution < -0.4 is 20.7 Å². The minimum Gasteiger partial charge on any atom is -0.439 e. The zero-order valence-corrected chi connectivity index (χ0v) is 14.6. The maximum absolute atomic E-state index is 12.7. The fourth-order valence-electron chi connectivity index (χ4n) is 2.28. The molecule has 0 fully saturated rings. The molecule has 0 unspecified atom stereocenters. The monoisotopic (exact) mass is 367 g/mol. The number of halogens is 1. The van der Waals surface area contributed by atoms with Crippen molar-refractivity contribution in [3.63, 3.8) is 0 Å². The van der Waals surface area contributed by atoms with Gasteiger partial charge in [-0.25, -0.2) is 19.2 Å². The first-order valence-electron chi connectivity index (χ1n) is 8.17. The van der Waals surface area contributed by atoms with Crippen molar-refractivity contribution in [3.05, 3.63) is 66.5 Å². The topological polar surface area (TPSA) is 88.2 Å². The largest absolute Gasteiger partial charge is 0.439 e. The van der Waals surface area contributed by atoms with E-state index in [2.05, 4.69) is 25.9 Å². The molecular weight excluding hydrogens is 349 g/mol. The summed E-state index contributed by atoms with van der Waals surface area (Å²) >= 11 is 0. The van der Waals surface area contributed by atoms with Gasteiger partial charge >= 0.3 is 6.03 Å². The highest BCUT2D eigenvalue weighted by molar-refractivity contribution is 5.99. The summed E-state index contributed by atoms with van der Waals surface area (Å²) in [7, 11) is 1.76. The number of ether oxygens (including phenoxy) is 1. The van der Waals surface area contributed by atoms with E-state index in [4.69, 9.17) is 4.74 Å². The van der Waals surface area contributed by atoms with Crippen LogP contribution in [0.4, 0.5) is 26.4 Å². The standard InChI is InChI=1S/C19H18FN5O2/c1-21-17-10-18(23-12-22-17)27-16-7-5-14(6-8-16)24-19(26)25-15-4-2-3-13(9-15)11-20/h2-10,12H,11H2,1H3,(H,21,22,23)(H2,24,25,26). The molecule has 7 nitrogen and oxygen atoms in total. The summed E-state index contributed by atoms with van der Waals surface area (Å²) in [5.41, 5.74) is 1.60. The second-order valence-corrected chi connectivity index (χ2v) is 5.53. The quantitative estimate of drug-likeness (QED) is 0.600. The summed E-state index contributed by atoms with van der Waals surface area (Å²) < 4.78 is 18.3. The molecule has 0 spiro atoms. The number of anilines is 3. The second kappa shape index (κ2) is 8.61. The molecule has 0 aliphatic rings. The lowest BCUT2D eigenvalue weighted by Gasteiger charge is -2.10. The molecule has 0 aliphatic heterocycles. The third kappa shape index (κ3) is 5.15. The molecule has 0 saturated carbocycles. The van der Waals surface area contributed by atoms with Gasteiger partial charge in [0, 0.05) is 24.5 Å². The molecule has 0 bridgehead atoms. The lowest BCUT2D eigenvalue weighted by Crippen LogP contribution is -2.19. The molecule has 0 radical (unpaired) electrons. The minimum atomic E-state index is -0.583. The second-order valence-electron chi connectivity index (χ2n) is 5.53. The zero-order chi connectivity index (χ0) is 19.1. The van der Waals surface area contributed by atoms with E-state index in [-0.39, 0.29) is 0 Å². The Morgan fingerprint density at radius 3 is 2.56 bits per heavy atom. The lowest BCUT2D eigenvalue weighted by atomic mass is 10.2. The van der Waals surface area contributed by atoms with Crippen LogP contribution in [0, 0.1) is 0 Å². The van der Waals surface area contributed by atoms with Crippen molar-refractivity contribution in [3.8, 4) is 11.6 Å². The number of amides is 2. The highest BCUT2D eigenvalue weighted by Crippen LogP contribution is 2.22. The fraction of sp³-hybridized carbons (Fsp3) is 0.105. The molecule has 2 aromatic carbocycles. The van der Waals surface area contributed by atoms with Crippen LogP contribution >= 0.6 is 0 Å². The highest BCUT2D eigenvalue weighted by Gasteiger charge is 2.05. The molecule has 138 valence electrons. The Morgan fingerprint density at radius 2 is 1.81 bits per heavy atom. The Bertz CT molecular complexity index is 918. The number of urea groups is 1. The average molecular weight is 367 g/mol. The first-order chi connectivity index (χ1) is 13.2. The Hall–Kier alpha value is -3.68. The molecule has 0 atom stereocenters. The molecule has 0 saturated heterocycles. The van der Waals surface area contributed by atoms with Crippen LogP contribution in [0.3, 0.4) is 0 Å². The van der Waals surface area contributed by atoms with Gasteiger partial charge in [0.2, 0.25) is 5.88 Å². The van der Waals surface area contributed by atoms with Crippen LogP contribution in [0.25, 0.3) is 0 Å². The number of carbonyl (C=O) groups is 1. The van der Waals surface area contributed by atoms with Gasteiger partial charge in [0.1, 0.15) is 24.6 Å². The number of hydrogen-bond donors (Lipinski definition) is 3. The molecule has 2 amide bonds. The average Bonchev–Trinajstić information content (AvgIpc) is 2.69. The van der Waals surface area contributed by atoms with Crippen molar-refractivity contribution >= 4 is 23.2 Å². The molecular formula is C19H18FN5O2. The highest BCUT2D eigenvalue weighted by atomic mass is 19.1. The number of rotatable bonds is 6. The van der Waals surface area contributed by atoms with Crippen molar-refractivity contribution in [1.82, 2.24) is 9.97 Å². The van der Waals surface area contributed by atoms with E-state index in [0.29, 0.717) is 34.4 Å². The summed E-state index contributed by atoms with van der Waals surface area (Å²) in [6.45, 7) is -0.583. The third-order valence-corrected chi connectivity index (χ3v) is 3.57. The number of hydrogen-bond acceptors (Lipinski definition) is 5. The van der Waals surface area contributed by atoms with E-state index in [9.17, 15) is 9.18 Å². The minimum absolute atomic E-state index is 0.403. The Morgan fingerprint density at radius 1 is 1.04 bits per heavy atom. The lowest BCUT2D eigenvalue weighted by molar-refractivity contribution is 0.262. The van der Waals surface area contributed by atoms with Gasteiger partial charge in [0.25, 0.3) is 0 Å². The number of benzene rings is 2. The van der Waals surface area contributed by atoms with Crippen molar-refractivity contribution in [1.29, 1.82) is 0 Å². The maximum atomic E-state index is 12.7. The van der Waals surface area contributed by atoms with E-state index in [1.165, 1.54) is 6.33 Å². The van der Waals surface area contributed by atoms with Gasteiger partial charge < -0.3 is 20.7 Å². The molecule has 1 heterocycles. The van der Waals surface area contributed by atoms with E-state index in [1.807, 2.05) is 0 Å². The Balaban J connectivity index is 1.58. The number of nitrogens with one attached hydrogen (secondary N) is 3. The fourth-order valence-corrected chi connectivity index (χ4v) is 2.28. The summed E-state index contributed by atoms with van der Waals surface area (Å²) in [5, 5.41) is 8.27. The number of carbonyl (C=O) groups excluding carboxylic acids is 1.